The number of esters is 1. The van der Waals surface area contributed by atoms with Gasteiger partial charge in [-0.3, -0.25) is 9.59 Å². The predicted octanol–water partition coefficient (Wildman–Crippen LogP) is 0.841. The molecular weight excluding hydrogens is 338 g/mol. The van der Waals surface area contributed by atoms with Crippen molar-refractivity contribution < 1.29 is 33.0 Å². The summed E-state index contributed by atoms with van der Waals surface area (Å²) in [4.78, 5) is 36.5. The number of ketones is 1. The summed E-state index contributed by atoms with van der Waals surface area (Å²) in [5.74, 6) is -4.24. The van der Waals surface area contributed by atoms with Crippen LogP contribution >= 0.6 is 0 Å². The van der Waals surface area contributed by atoms with E-state index in [2.05, 4.69) is 10.1 Å². The molecule has 1 aromatic carbocycles. The zero-order chi connectivity index (χ0) is 18.7. The topological polar surface area (TPSA) is 95.9 Å². The number of rotatable bonds is 6. The number of β-amino-alcohol motifs (C(OH)–C–C–N with tert-alkyl or cyclic N) is 1. The van der Waals surface area contributed by atoms with E-state index in [4.69, 9.17) is 5.11 Å². The molecule has 25 heavy (non-hydrogen) atoms. The smallest absolute Gasteiger partial charge is 0.337 e. The lowest BCUT2D eigenvalue weighted by Gasteiger charge is -2.15. The largest absolute Gasteiger partial charge is 0.466 e. The van der Waals surface area contributed by atoms with Gasteiger partial charge < -0.3 is 20.1 Å². The molecule has 0 saturated carbocycles. The van der Waals surface area contributed by atoms with Crippen LogP contribution in [0.5, 0.6) is 0 Å². The van der Waals surface area contributed by atoms with Crippen LogP contribution in [0, 0.1) is 11.6 Å². The Morgan fingerprint density at radius 3 is 2.40 bits per heavy atom. The van der Waals surface area contributed by atoms with Gasteiger partial charge in [0.05, 0.1) is 25.8 Å². The van der Waals surface area contributed by atoms with Gasteiger partial charge in [0.25, 0.3) is 5.91 Å². The van der Waals surface area contributed by atoms with Crippen molar-refractivity contribution in [2.75, 3.05) is 32.1 Å². The van der Waals surface area contributed by atoms with Gasteiger partial charge in [-0.2, -0.15) is 0 Å². The fourth-order valence-corrected chi connectivity index (χ4v) is 2.37. The Bertz CT molecular complexity index is 753. The van der Waals surface area contributed by atoms with E-state index in [0.29, 0.717) is 0 Å². The molecule has 2 N–H and O–H groups in total. The number of hydrogen-bond acceptors (Lipinski definition) is 6. The second kappa shape index (κ2) is 7.39. The Hall–Kier alpha value is -2.81. The number of Topliss-reactive ketones (excluding diaryl/α,β-unsaturated/α-hetero) is 1. The van der Waals surface area contributed by atoms with E-state index in [9.17, 15) is 23.2 Å². The summed E-state index contributed by atoms with van der Waals surface area (Å²) in [5, 5.41) is 11.3. The quantitative estimate of drug-likeness (QED) is 0.581. The molecule has 1 amide bonds. The number of carbonyl (C=O) groups is 3. The van der Waals surface area contributed by atoms with Crippen LogP contribution in [0.15, 0.2) is 23.4 Å². The molecule has 1 aliphatic rings. The first-order chi connectivity index (χ1) is 11.8. The molecular formula is C16H16F2N2O5. The highest BCUT2D eigenvalue weighted by Crippen LogP contribution is 2.27. The summed E-state index contributed by atoms with van der Waals surface area (Å²) >= 11 is 0. The summed E-state index contributed by atoms with van der Waals surface area (Å²) < 4.78 is 32.9. The van der Waals surface area contributed by atoms with Crippen LogP contribution in [0.4, 0.5) is 14.5 Å². The molecule has 7 nitrogen and oxygen atoms in total. The molecule has 134 valence electrons. The number of hydrogen-bond donors (Lipinski definition) is 2. The highest BCUT2D eigenvalue weighted by molar-refractivity contribution is 6.08. The number of halogens is 2. The first-order valence-electron chi connectivity index (χ1n) is 7.28. The molecule has 1 aromatic rings. The lowest BCUT2D eigenvalue weighted by atomic mass is 10.1. The first kappa shape index (κ1) is 18.5. The zero-order valence-electron chi connectivity index (χ0n) is 13.6. The molecule has 0 spiro atoms. The van der Waals surface area contributed by atoms with Crippen molar-refractivity contribution in [3.63, 3.8) is 0 Å². The average Bonchev–Trinajstić information content (AvgIpc) is 2.86. The lowest BCUT2D eigenvalue weighted by molar-refractivity contribution is -0.136. The van der Waals surface area contributed by atoms with E-state index < -0.39 is 35.0 Å². The number of amides is 1. The van der Waals surface area contributed by atoms with E-state index in [-0.39, 0.29) is 36.5 Å². The van der Waals surface area contributed by atoms with E-state index in [0.717, 1.165) is 31.1 Å². The van der Waals surface area contributed by atoms with Crippen molar-refractivity contribution in [1.82, 2.24) is 4.90 Å². The van der Waals surface area contributed by atoms with Crippen LogP contribution in [0.3, 0.4) is 0 Å². The number of anilines is 1. The maximum atomic E-state index is 14.1. The third kappa shape index (κ3) is 3.66. The molecule has 0 atom stereocenters. The summed E-state index contributed by atoms with van der Waals surface area (Å²) in [6, 6.07) is 1.66. The van der Waals surface area contributed by atoms with Crippen molar-refractivity contribution in [3.05, 3.63) is 40.6 Å². The summed E-state index contributed by atoms with van der Waals surface area (Å²) in [6.07, 6.45) is 0. The first-order valence-corrected chi connectivity index (χ1v) is 7.28. The molecule has 9 heteroatoms. The molecule has 2 rings (SSSR count). The van der Waals surface area contributed by atoms with Gasteiger partial charge in [-0.05, 0) is 19.1 Å². The Morgan fingerprint density at radius 2 is 1.92 bits per heavy atom. The molecule has 0 radical (unpaired) electrons. The standard InChI is InChI=1S/C16H16F2N2O5/c1-8(22)9-5-11(17)14(12(18)6-9)19-13-10(16(24)25-2)7-20(3-4-21)15(13)23/h5-6,19,21H,3-4,7H2,1-2H3. The number of aliphatic hydroxyl groups excluding tert-OH is 1. The van der Waals surface area contributed by atoms with Gasteiger partial charge >= 0.3 is 5.97 Å². The predicted molar refractivity (Wildman–Crippen MR) is 82.7 cm³/mol. The van der Waals surface area contributed by atoms with Crippen LogP contribution in [-0.4, -0.2) is 54.5 Å². The van der Waals surface area contributed by atoms with Crippen molar-refractivity contribution in [1.29, 1.82) is 0 Å². The molecule has 0 bridgehead atoms. The minimum Gasteiger partial charge on any atom is -0.466 e. The Kier molecular flexibility index (Phi) is 5.48. The Balaban J connectivity index is 2.43. The summed E-state index contributed by atoms with van der Waals surface area (Å²) in [6.45, 7) is 0.595. The van der Waals surface area contributed by atoms with Crippen molar-refractivity contribution >= 4 is 23.3 Å². The normalized spacial score (nSPS) is 14.1. The van der Waals surface area contributed by atoms with E-state index in [1.165, 1.54) is 0 Å². The minimum atomic E-state index is -1.09. The molecule has 1 aliphatic heterocycles. The third-order valence-corrected chi connectivity index (χ3v) is 3.65. The molecule has 1 heterocycles. The number of methoxy groups -OCH3 is 1. The number of ether oxygens (including phenoxy) is 1. The zero-order valence-corrected chi connectivity index (χ0v) is 13.6. The third-order valence-electron chi connectivity index (χ3n) is 3.65. The van der Waals surface area contributed by atoms with Crippen LogP contribution < -0.4 is 5.32 Å². The van der Waals surface area contributed by atoms with E-state index in [1.807, 2.05) is 0 Å². The maximum absolute atomic E-state index is 14.1. The minimum absolute atomic E-state index is 0.0568. The number of nitrogens with one attached hydrogen (secondary N) is 1. The van der Waals surface area contributed by atoms with Crippen LogP contribution in [-0.2, 0) is 14.3 Å². The van der Waals surface area contributed by atoms with Crippen LogP contribution in [0.2, 0.25) is 0 Å². The van der Waals surface area contributed by atoms with Crippen LogP contribution in [0.25, 0.3) is 0 Å². The highest BCUT2D eigenvalue weighted by atomic mass is 19.1. The Morgan fingerprint density at radius 1 is 1.32 bits per heavy atom. The second-order valence-corrected chi connectivity index (χ2v) is 5.29. The van der Waals surface area contributed by atoms with Crippen LogP contribution in [0.1, 0.15) is 17.3 Å². The van der Waals surface area contributed by atoms with Crippen molar-refractivity contribution in [2.45, 2.75) is 6.92 Å². The molecule has 0 fully saturated rings. The number of benzene rings is 1. The van der Waals surface area contributed by atoms with Gasteiger partial charge in [0.1, 0.15) is 23.0 Å². The van der Waals surface area contributed by atoms with Gasteiger partial charge in [-0.15, -0.1) is 0 Å². The maximum Gasteiger partial charge on any atom is 0.337 e. The number of nitrogens with zero attached hydrogens (tertiary/aromatic N) is 1. The van der Waals surface area contributed by atoms with Gasteiger partial charge in [0.2, 0.25) is 0 Å². The summed E-state index contributed by atoms with van der Waals surface area (Å²) in [5.41, 5.74) is -1.29. The van der Waals surface area contributed by atoms with E-state index in [1.54, 1.807) is 0 Å². The van der Waals surface area contributed by atoms with E-state index >= 15 is 0 Å². The van der Waals surface area contributed by atoms with Gasteiger partial charge in [0, 0.05) is 12.1 Å². The molecule has 0 aliphatic carbocycles. The highest BCUT2D eigenvalue weighted by Gasteiger charge is 2.35. The average molecular weight is 354 g/mol. The van der Waals surface area contributed by atoms with Gasteiger partial charge in [0.15, 0.2) is 5.78 Å². The number of aliphatic hydroxyl groups is 1. The molecule has 0 aromatic heterocycles. The van der Waals surface area contributed by atoms with Crippen molar-refractivity contribution in [2.24, 2.45) is 0 Å². The second-order valence-electron chi connectivity index (χ2n) is 5.29. The van der Waals surface area contributed by atoms with Gasteiger partial charge in [-0.25, -0.2) is 13.6 Å². The lowest BCUT2D eigenvalue weighted by Crippen LogP contribution is -2.31. The van der Waals surface area contributed by atoms with Gasteiger partial charge in [-0.1, -0.05) is 0 Å². The SMILES string of the molecule is COC(=O)C1=C(Nc2c(F)cc(C(C)=O)cc2F)C(=O)N(CCO)C1. The summed E-state index contributed by atoms with van der Waals surface area (Å²) in [7, 11) is 1.11. The Labute approximate surface area is 141 Å². The number of carbonyl (C=O) groups excluding carboxylic acids is 3. The molecule has 0 unspecified atom stereocenters. The van der Waals surface area contributed by atoms with Crippen molar-refractivity contribution in [3.8, 4) is 0 Å². The monoisotopic (exact) mass is 354 g/mol. The molecule has 0 saturated heterocycles. The fourth-order valence-electron chi connectivity index (χ4n) is 2.37. The fraction of sp³-hybridized carbons (Fsp3) is 0.312.